The number of benzene rings is 1. The van der Waals surface area contributed by atoms with Crippen LogP contribution in [0.2, 0.25) is 0 Å². The molecule has 0 bridgehead atoms. The molecule has 6 N–H and O–H groups in total. The van der Waals surface area contributed by atoms with Crippen LogP contribution in [0.5, 0.6) is 5.75 Å². The fourth-order valence-electron chi connectivity index (χ4n) is 3.70. The lowest BCUT2D eigenvalue weighted by Crippen LogP contribution is -2.43. The van der Waals surface area contributed by atoms with Crippen LogP contribution in [0.15, 0.2) is 36.4 Å². The van der Waals surface area contributed by atoms with Crippen LogP contribution in [0, 0.1) is 0 Å². The lowest BCUT2D eigenvalue weighted by atomic mass is 9.89. The van der Waals surface area contributed by atoms with Crippen molar-refractivity contribution in [2.24, 2.45) is 5.73 Å². The minimum atomic E-state index is -0.899. The number of nitrogens with zero attached hydrogens (tertiary/aromatic N) is 1. The van der Waals surface area contributed by atoms with Gasteiger partial charge in [0.05, 0.1) is 18.2 Å². The zero-order valence-electron chi connectivity index (χ0n) is 19.8. The third-order valence-electron chi connectivity index (χ3n) is 5.48. The number of nitrogens with one attached hydrogen (secondary N) is 1. The molecule has 8 nitrogen and oxygen atoms in total. The van der Waals surface area contributed by atoms with Crippen molar-refractivity contribution in [3.63, 3.8) is 0 Å². The topological polar surface area (TPSA) is 138 Å². The van der Waals surface area contributed by atoms with E-state index >= 15 is 0 Å². The van der Waals surface area contributed by atoms with E-state index in [1.807, 2.05) is 45.0 Å². The Morgan fingerprint density at radius 1 is 1.24 bits per heavy atom. The highest BCUT2D eigenvalue weighted by Gasteiger charge is 2.23. The number of aromatic nitrogens is 1. The van der Waals surface area contributed by atoms with Gasteiger partial charge < -0.3 is 31.1 Å². The van der Waals surface area contributed by atoms with Crippen molar-refractivity contribution in [2.75, 3.05) is 19.8 Å². The Morgan fingerprint density at radius 2 is 2.00 bits per heavy atom. The van der Waals surface area contributed by atoms with Gasteiger partial charge in [-0.15, -0.1) is 0 Å². The third kappa shape index (κ3) is 8.40. The van der Waals surface area contributed by atoms with E-state index in [0.717, 1.165) is 17.5 Å². The van der Waals surface area contributed by atoms with E-state index in [2.05, 4.69) is 10.3 Å². The fourth-order valence-corrected chi connectivity index (χ4v) is 3.70. The molecule has 0 aliphatic rings. The number of hydrogen-bond donors (Lipinski definition) is 5. The van der Waals surface area contributed by atoms with Crippen molar-refractivity contribution in [1.82, 2.24) is 10.3 Å². The number of primary amides is 1. The predicted octanol–water partition coefficient (Wildman–Crippen LogP) is 2.31. The minimum absolute atomic E-state index is 0.104. The van der Waals surface area contributed by atoms with Gasteiger partial charge in [-0.2, -0.15) is 0 Å². The van der Waals surface area contributed by atoms with Gasteiger partial charge in [0.1, 0.15) is 17.5 Å². The van der Waals surface area contributed by atoms with Crippen molar-refractivity contribution in [2.45, 2.75) is 64.2 Å². The van der Waals surface area contributed by atoms with Gasteiger partial charge in [0.15, 0.2) is 0 Å². The van der Waals surface area contributed by atoms with E-state index in [-0.39, 0.29) is 29.4 Å². The molecular weight excluding hydrogens is 422 g/mol. The third-order valence-corrected chi connectivity index (χ3v) is 5.48. The van der Waals surface area contributed by atoms with Gasteiger partial charge in [0.25, 0.3) is 0 Å². The highest BCUT2D eigenvalue weighted by atomic mass is 16.5. The fraction of sp³-hybridized carbons (Fsp3) is 0.520. The smallest absolute Gasteiger partial charge is 0.225 e. The first-order valence-corrected chi connectivity index (χ1v) is 11.4. The average Bonchev–Trinajstić information content (AvgIpc) is 2.77. The summed E-state index contributed by atoms with van der Waals surface area (Å²) in [4.78, 5) is 16.1. The summed E-state index contributed by atoms with van der Waals surface area (Å²) in [5.41, 5.74) is 7.72. The second-order valence-corrected chi connectivity index (χ2v) is 8.92. The zero-order valence-corrected chi connectivity index (χ0v) is 19.8. The Hall–Kier alpha value is -2.52. The molecule has 0 spiro atoms. The predicted molar refractivity (Wildman–Crippen MR) is 127 cm³/mol. The molecule has 0 aliphatic carbocycles. The standard InChI is InChI=1S/C25H37N3O5/c1-4-11-33-12-10-19(24(26)32)18-7-5-6-17(13-18)14-25(2,3)27-15-23(31)20-8-9-22(30)21(16-29)28-20/h5-9,13,19,23,27,29-31H,4,10-12,14-16H2,1-3H3,(H2,26,32). The second-order valence-electron chi connectivity index (χ2n) is 8.92. The number of ether oxygens (including phenoxy) is 1. The number of pyridine rings is 1. The summed E-state index contributed by atoms with van der Waals surface area (Å²) < 4.78 is 5.53. The minimum Gasteiger partial charge on any atom is -0.506 e. The van der Waals surface area contributed by atoms with Crippen molar-refractivity contribution >= 4 is 5.91 Å². The first kappa shape index (κ1) is 26.7. The number of hydrogen-bond acceptors (Lipinski definition) is 7. The number of rotatable bonds is 14. The molecule has 0 fully saturated rings. The molecule has 0 aliphatic heterocycles. The first-order chi connectivity index (χ1) is 15.7. The molecule has 2 rings (SSSR count). The normalized spacial score (nSPS) is 13.6. The Labute approximate surface area is 195 Å². The molecule has 2 aromatic rings. The SMILES string of the molecule is CCCOCCC(C(N)=O)c1cccc(CC(C)(C)NCC(O)c2ccc(O)c(CO)n2)c1. The Balaban J connectivity index is 2.01. The highest BCUT2D eigenvalue weighted by molar-refractivity contribution is 5.81. The van der Waals surface area contributed by atoms with Crippen LogP contribution in [0.4, 0.5) is 0 Å². The molecule has 1 heterocycles. The zero-order chi connectivity index (χ0) is 24.4. The lowest BCUT2D eigenvalue weighted by molar-refractivity contribution is -0.119. The van der Waals surface area contributed by atoms with Crippen molar-refractivity contribution in [1.29, 1.82) is 0 Å². The van der Waals surface area contributed by atoms with Crippen molar-refractivity contribution in [3.8, 4) is 5.75 Å². The van der Waals surface area contributed by atoms with Gasteiger partial charge >= 0.3 is 0 Å². The van der Waals surface area contributed by atoms with Crippen molar-refractivity contribution < 1.29 is 24.9 Å². The molecular formula is C25H37N3O5. The summed E-state index contributed by atoms with van der Waals surface area (Å²) in [7, 11) is 0. The van der Waals surface area contributed by atoms with Crippen LogP contribution in [0.1, 0.15) is 68.1 Å². The van der Waals surface area contributed by atoms with Crippen LogP contribution in [-0.4, -0.2) is 51.5 Å². The molecule has 1 aromatic heterocycles. The number of amides is 1. The van der Waals surface area contributed by atoms with Gasteiger partial charge in [-0.05, 0) is 56.4 Å². The molecule has 2 unspecified atom stereocenters. The summed E-state index contributed by atoms with van der Waals surface area (Å²) in [6.07, 6.45) is 1.24. The summed E-state index contributed by atoms with van der Waals surface area (Å²) >= 11 is 0. The van der Waals surface area contributed by atoms with Gasteiger partial charge in [0, 0.05) is 25.3 Å². The molecule has 1 amide bonds. The van der Waals surface area contributed by atoms with Crippen LogP contribution in [-0.2, 0) is 22.6 Å². The van der Waals surface area contributed by atoms with E-state index in [9.17, 15) is 20.1 Å². The van der Waals surface area contributed by atoms with Crippen LogP contribution >= 0.6 is 0 Å². The van der Waals surface area contributed by atoms with Crippen LogP contribution in [0.25, 0.3) is 0 Å². The monoisotopic (exact) mass is 459 g/mol. The van der Waals surface area contributed by atoms with E-state index in [4.69, 9.17) is 10.5 Å². The summed E-state index contributed by atoms with van der Waals surface area (Å²) in [6.45, 7) is 7.09. The molecule has 8 heteroatoms. The van der Waals surface area contributed by atoms with Crippen LogP contribution in [0.3, 0.4) is 0 Å². The van der Waals surface area contributed by atoms with Crippen molar-refractivity contribution in [3.05, 3.63) is 58.9 Å². The second kappa shape index (κ2) is 12.6. The largest absolute Gasteiger partial charge is 0.506 e. The molecule has 2 atom stereocenters. The summed E-state index contributed by atoms with van der Waals surface area (Å²) in [6, 6.07) is 10.8. The molecule has 0 radical (unpaired) electrons. The number of aliphatic hydroxyl groups excluding tert-OH is 2. The van der Waals surface area contributed by atoms with E-state index in [1.54, 1.807) is 0 Å². The van der Waals surface area contributed by atoms with Gasteiger partial charge in [-0.1, -0.05) is 31.2 Å². The number of carbonyl (C=O) groups excluding carboxylic acids is 1. The quantitative estimate of drug-likeness (QED) is 0.273. The maximum Gasteiger partial charge on any atom is 0.225 e. The highest BCUT2D eigenvalue weighted by Crippen LogP contribution is 2.24. The van der Waals surface area contributed by atoms with Gasteiger partial charge in [0.2, 0.25) is 5.91 Å². The maximum atomic E-state index is 12.0. The maximum absolute atomic E-state index is 12.0. The van der Waals surface area contributed by atoms with E-state index in [1.165, 1.54) is 12.1 Å². The van der Waals surface area contributed by atoms with Crippen LogP contribution < -0.4 is 11.1 Å². The van der Waals surface area contributed by atoms with E-state index < -0.39 is 18.6 Å². The summed E-state index contributed by atoms with van der Waals surface area (Å²) in [5.74, 6) is -0.870. The lowest BCUT2D eigenvalue weighted by Gasteiger charge is -2.28. The molecule has 0 saturated carbocycles. The molecule has 182 valence electrons. The molecule has 0 saturated heterocycles. The number of nitrogens with two attached hydrogens (primary N) is 1. The Kier molecular flexibility index (Phi) is 10.2. The molecule has 33 heavy (non-hydrogen) atoms. The number of β-amino-alcohol motifs (C(OH)–C–C–N with tert-alkyl or cyclic N) is 1. The number of aliphatic hydroxyl groups is 2. The average molecular weight is 460 g/mol. The number of aromatic hydroxyl groups is 1. The first-order valence-electron chi connectivity index (χ1n) is 11.4. The van der Waals surface area contributed by atoms with E-state index in [0.29, 0.717) is 31.7 Å². The number of carbonyl (C=O) groups is 1. The molecule has 1 aromatic carbocycles. The summed E-state index contributed by atoms with van der Waals surface area (Å²) in [5, 5.41) is 32.8. The Bertz CT molecular complexity index is 903. The van der Waals surface area contributed by atoms with Gasteiger partial charge in [-0.25, -0.2) is 4.98 Å². The Morgan fingerprint density at radius 3 is 2.67 bits per heavy atom. The van der Waals surface area contributed by atoms with Gasteiger partial charge in [-0.3, -0.25) is 4.79 Å².